The Balaban J connectivity index is 2.18. The quantitative estimate of drug-likeness (QED) is 0.678. The zero-order chi connectivity index (χ0) is 16.6. The molecule has 0 saturated carbocycles. The minimum atomic E-state index is 0.0754. The molecule has 0 aliphatic carbocycles. The van der Waals surface area contributed by atoms with Gasteiger partial charge < -0.3 is 15.0 Å². The van der Waals surface area contributed by atoms with Crippen LogP contribution in [0, 0.1) is 5.41 Å². The first-order valence-electron chi connectivity index (χ1n) is 7.58. The normalized spacial score (nSPS) is 11.5. The van der Waals surface area contributed by atoms with E-state index in [2.05, 4.69) is 40.0 Å². The second kappa shape index (κ2) is 9.16. The number of ether oxygens (including phenoxy) is 1. The standard InChI is InChI=1S/C17H27BrN2O2/c1-17(2,13-20(3)4)12-19-16(21)9-6-10-22-15-8-5-7-14(18)11-15/h5,7-8,11H,6,9-10,12-13H2,1-4H3,(H,19,21). The Morgan fingerprint density at radius 2 is 2.09 bits per heavy atom. The van der Waals surface area contributed by atoms with Crippen LogP contribution < -0.4 is 10.1 Å². The fourth-order valence-electron chi connectivity index (χ4n) is 2.32. The first-order valence-corrected chi connectivity index (χ1v) is 8.38. The van der Waals surface area contributed by atoms with E-state index in [1.165, 1.54) is 0 Å². The van der Waals surface area contributed by atoms with Crippen molar-refractivity contribution in [2.24, 2.45) is 5.41 Å². The summed E-state index contributed by atoms with van der Waals surface area (Å²) >= 11 is 3.40. The van der Waals surface area contributed by atoms with Gasteiger partial charge in [0.05, 0.1) is 6.61 Å². The Morgan fingerprint density at radius 1 is 1.36 bits per heavy atom. The molecule has 0 atom stereocenters. The van der Waals surface area contributed by atoms with E-state index >= 15 is 0 Å². The van der Waals surface area contributed by atoms with Crippen molar-refractivity contribution in [2.75, 3.05) is 33.8 Å². The maximum Gasteiger partial charge on any atom is 0.220 e. The van der Waals surface area contributed by atoms with Crippen LogP contribution in [0.2, 0.25) is 0 Å². The molecule has 0 spiro atoms. The summed E-state index contributed by atoms with van der Waals surface area (Å²) in [6.45, 7) is 6.49. The van der Waals surface area contributed by atoms with E-state index in [1.807, 2.05) is 38.4 Å². The molecule has 1 aromatic rings. The molecule has 124 valence electrons. The van der Waals surface area contributed by atoms with Crippen LogP contribution in [-0.2, 0) is 4.79 Å². The molecule has 0 bridgehead atoms. The summed E-state index contributed by atoms with van der Waals surface area (Å²) in [7, 11) is 4.09. The molecule has 0 aliphatic heterocycles. The largest absolute Gasteiger partial charge is 0.494 e. The molecular formula is C17H27BrN2O2. The molecule has 0 aromatic heterocycles. The van der Waals surface area contributed by atoms with Gasteiger partial charge in [-0.15, -0.1) is 0 Å². The van der Waals surface area contributed by atoms with Gasteiger partial charge in [0.2, 0.25) is 5.91 Å². The number of rotatable bonds is 9. The van der Waals surface area contributed by atoms with Crippen molar-refractivity contribution in [3.63, 3.8) is 0 Å². The average Bonchev–Trinajstić information content (AvgIpc) is 2.40. The van der Waals surface area contributed by atoms with Crippen molar-refractivity contribution in [2.45, 2.75) is 26.7 Å². The van der Waals surface area contributed by atoms with Gasteiger partial charge in [-0.3, -0.25) is 4.79 Å². The molecule has 1 amide bonds. The molecule has 0 heterocycles. The molecule has 22 heavy (non-hydrogen) atoms. The molecule has 0 unspecified atom stereocenters. The number of carbonyl (C=O) groups is 1. The van der Waals surface area contributed by atoms with Gasteiger partial charge in [-0.25, -0.2) is 0 Å². The maximum absolute atomic E-state index is 11.9. The molecular weight excluding hydrogens is 344 g/mol. The molecule has 1 aromatic carbocycles. The Bertz CT molecular complexity index is 475. The van der Waals surface area contributed by atoms with Crippen LogP contribution in [-0.4, -0.2) is 44.6 Å². The van der Waals surface area contributed by atoms with Gasteiger partial charge in [0.25, 0.3) is 0 Å². The lowest BCUT2D eigenvalue weighted by molar-refractivity contribution is -0.121. The third kappa shape index (κ3) is 8.39. The Hall–Kier alpha value is -1.07. The highest BCUT2D eigenvalue weighted by atomic mass is 79.9. The molecule has 1 rings (SSSR count). The lowest BCUT2D eigenvalue weighted by Gasteiger charge is -2.28. The van der Waals surface area contributed by atoms with E-state index in [-0.39, 0.29) is 11.3 Å². The number of nitrogens with zero attached hydrogens (tertiary/aromatic N) is 1. The highest BCUT2D eigenvalue weighted by Crippen LogP contribution is 2.18. The fourth-order valence-corrected chi connectivity index (χ4v) is 2.70. The van der Waals surface area contributed by atoms with Crippen molar-refractivity contribution in [1.29, 1.82) is 0 Å². The van der Waals surface area contributed by atoms with Gasteiger partial charge in [-0.1, -0.05) is 35.8 Å². The third-order valence-electron chi connectivity index (χ3n) is 3.12. The lowest BCUT2D eigenvalue weighted by Crippen LogP contribution is -2.39. The topological polar surface area (TPSA) is 41.6 Å². The van der Waals surface area contributed by atoms with Gasteiger partial charge in [-0.05, 0) is 44.1 Å². The van der Waals surface area contributed by atoms with Crippen LogP contribution in [0.15, 0.2) is 28.7 Å². The Kier molecular flexibility index (Phi) is 7.90. The van der Waals surface area contributed by atoms with Crippen LogP contribution in [0.25, 0.3) is 0 Å². The maximum atomic E-state index is 11.9. The van der Waals surface area contributed by atoms with Crippen molar-refractivity contribution in [3.8, 4) is 5.75 Å². The van der Waals surface area contributed by atoms with Crippen LogP contribution in [0.3, 0.4) is 0 Å². The summed E-state index contributed by atoms with van der Waals surface area (Å²) in [5.41, 5.74) is 0.0754. The highest BCUT2D eigenvalue weighted by Gasteiger charge is 2.19. The summed E-state index contributed by atoms with van der Waals surface area (Å²) in [5, 5.41) is 3.01. The molecule has 0 saturated heterocycles. The third-order valence-corrected chi connectivity index (χ3v) is 3.61. The second-order valence-corrected chi connectivity index (χ2v) is 7.50. The van der Waals surface area contributed by atoms with E-state index in [0.29, 0.717) is 26.0 Å². The predicted molar refractivity (Wildman–Crippen MR) is 94.2 cm³/mol. The van der Waals surface area contributed by atoms with Crippen LogP contribution >= 0.6 is 15.9 Å². The first kappa shape index (κ1) is 19.0. The van der Waals surface area contributed by atoms with Crippen molar-refractivity contribution in [3.05, 3.63) is 28.7 Å². The van der Waals surface area contributed by atoms with Gasteiger partial charge in [0, 0.05) is 24.0 Å². The van der Waals surface area contributed by atoms with Gasteiger partial charge in [-0.2, -0.15) is 0 Å². The SMILES string of the molecule is CN(C)CC(C)(C)CNC(=O)CCCOc1cccc(Br)c1. The number of carbonyl (C=O) groups excluding carboxylic acids is 1. The van der Waals surface area contributed by atoms with Crippen molar-refractivity contribution in [1.82, 2.24) is 10.2 Å². The van der Waals surface area contributed by atoms with E-state index in [4.69, 9.17) is 4.74 Å². The van der Waals surface area contributed by atoms with Crippen LogP contribution in [0.5, 0.6) is 5.75 Å². The molecule has 1 N–H and O–H groups in total. The average molecular weight is 371 g/mol. The molecule has 4 nitrogen and oxygen atoms in total. The number of benzene rings is 1. The Morgan fingerprint density at radius 3 is 2.73 bits per heavy atom. The number of hydrogen-bond acceptors (Lipinski definition) is 3. The monoisotopic (exact) mass is 370 g/mol. The zero-order valence-corrected chi connectivity index (χ0v) is 15.6. The second-order valence-electron chi connectivity index (χ2n) is 6.59. The number of amides is 1. The predicted octanol–water partition coefficient (Wildman–Crippen LogP) is 3.31. The highest BCUT2D eigenvalue weighted by molar-refractivity contribution is 9.10. The Labute approximate surface area is 142 Å². The number of nitrogens with one attached hydrogen (secondary N) is 1. The van der Waals surface area contributed by atoms with Gasteiger partial charge >= 0.3 is 0 Å². The van der Waals surface area contributed by atoms with Gasteiger partial charge in [0.1, 0.15) is 5.75 Å². The first-order chi connectivity index (χ1) is 10.3. The van der Waals surface area contributed by atoms with Crippen LogP contribution in [0.4, 0.5) is 0 Å². The molecule has 0 aliphatic rings. The molecule has 5 heteroatoms. The molecule has 0 radical (unpaired) electrons. The van der Waals surface area contributed by atoms with Crippen molar-refractivity contribution < 1.29 is 9.53 Å². The zero-order valence-electron chi connectivity index (χ0n) is 14.0. The van der Waals surface area contributed by atoms with Gasteiger partial charge in [0.15, 0.2) is 0 Å². The minimum Gasteiger partial charge on any atom is -0.494 e. The summed E-state index contributed by atoms with van der Waals surface area (Å²) in [5.74, 6) is 0.909. The summed E-state index contributed by atoms with van der Waals surface area (Å²) in [6.07, 6.45) is 1.21. The lowest BCUT2D eigenvalue weighted by atomic mass is 9.93. The van der Waals surface area contributed by atoms with E-state index in [9.17, 15) is 4.79 Å². The van der Waals surface area contributed by atoms with E-state index in [1.54, 1.807) is 0 Å². The van der Waals surface area contributed by atoms with Crippen molar-refractivity contribution >= 4 is 21.8 Å². The van der Waals surface area contributed by atoms with E-state index < -0.39 is 0 Å². The van der Waals surface area contributed by atoms with Crippen LogP contribution in [0.1, 0.15) is 26.7 Å². The van der Waals surface area contributed by atoms with E-state index in [0.717, 1.165) is 16.8 Å². The number of halogens is 1. The minimum absolute atomic E-state index is 0.0754. The smallest absolute Gasteiger partial charge is 0.220 e. The fraction of sp³-hybridized carbons (Fsp3) is 0.588. The number of hydrogen-bond donors (Lipinski definition) is 1. The summed E-state index contributed by atoms with van der Waals surface area (Å²) in [6, 6.07) is 7.72. The summed E-state index contributed by atoms with van der Waals surface area (Å²) < 4.78 is 6.61. The molecule has 0 fully saturated rings. The summed E-state index contributed by atoms with van der Waals surface area (Å²) in [4.78, 5) is 14.0.